The van der Waals surface area contributed by atoms with Crippen molar-refractivity contribution in [2.45, 2.75) is 96.0 Å². The van der Waals surface area contributed by atoms with Gasteiger partial charge in [-0.1, -0.05) is 89.8 Å². The maximum Gasteiger partial charge on any atom is 0.416 e. The number of aliphatic carboxylic acids is 1. The Kier molecular flexibility index (Phi) is 14.1. The third-order valence-corrected chi connectivity index (χ3v) is 9.92. The number of carboxylic acid groups (broad SMARTS) is 1. The molecule has 2 aromatic carbocycles. The molecule has 0 radical (unpaired) electrons. The number of halogens is 3. The minimum atomic E-state index is -5.32. The molecule has 4 N–H and O–H groups in total. The van der Waals surface area contributed by atoms with Gasteiger partial charge in [0.25, 0.3) is 5.91 Å². The largest absolute Gasteiger partial charge is 0.494 e. The zero-order valence-electron chi connectivity index (χ0n) is 30.1. The highest BCUT2D eigenvalue weighted by atomic mass is 32.1. The number of aliphatic hydroxyl groups is 1. The van der Waals surface area contributed by atoms with Crippen molar-refractivity contribution in [1.82, 2.24) is 20.6 Å². The van der Waals surface area contributed by atoms with Crippen molar-refractivity contribution in [1.29, 1.82) is 0 Å². The van der Waals surface area contributed by atoms with Crippen LogP contribution in [0.3, 0.4) is 0 Å². The molecule has 0 saturated heterocycles. The first kappa shape index (κ1) is 40.9. The fourth-order valence-electron chi connectivity index (χ4n) is 5.31. The third kappa shape index (κ3) is 11.8. The van der Waals surface area contributed by atoms with E-state index in [-0.39, 0.29) is 16.7 Å². The smallest absolute Gasteiger partial charge is 0.416 e. The summed E-state index contributed by atoms with van der Waals surface area (Å²) < 4.78 is 45.5. The highest BCUT2D eigenvalue weighted by Gasteiger charge is 2.48. The summed E-state index contributed by atoms with van der Waals surface area (Å²) in [6, 6.07) is 13.5. The number of aromatic nitrogens is 2. The van der Waals surface area contributed by atoms with E-state index in [0.717, 1.165) is 34.6 Å². The van der Waals surface area contributed by atoms with Crippen molar-refractivity contribution in [2.24, 2.45) is 0 Å². The number of hydrogen-bond donors (Lipinski definition) is 4. The lowest BCUT2D eigenvalue weighted by Crippen LogP contribution is -2.58. The third-order valence-electron chi connectivity index (χ3n) is 8.41. The summed E-state index contributed by atoms with van der Waals surface area (Å²) in [5.74, 6) is -2.76. The van der Waals surface area contributed by atoms with Gasteiger partial charge in [-0.15, -0.1) is 11.3 Å². The molecular formula is C39H45F3N4O6S. The van der Waals surface area contributed by atoms with Gasteiger partial charge in [-0.2, -0.15) is 13.2 Å². The van der Waals surface area contributed by atoms with Crippen LogP contribution in [0, 0.1) is 0 Å². The molecule has 2 aromatic heterocycles. The summed E-state index contributed by atoms with van der Waals surface area (Å²) in [4.78, 5) is 48.3. The number of benzene rings is 2. The van der Waals surface area contributed by atoms with Crippen LogP contribution < -0.4 is 15.4 Å². The number of aliphatic hydroxyl groups excluding tert-OH is 1. The number of carbonyl (C=O) groups is 3. The summed E-state index contributed by atoms with van der Waals surface area (Å²) in [5.41, 5.74) is 2.59. The Balaban J connectivity index is 1.46. The van der Waals surface area contributed by atoms with Gasteiger partial charge in [0.15, 0.2) is 18.0 Å². The molecule has 10 nitrogen and oxygen atoms in total. The topological polar surface area (TPSA) is 151 Å². The van der Waals surface area contributed by atoms with E-state index in [4.69, 9.17) is 4.74 Å². The van der Waals surface area contributed by atoms with E-state index in [1.165, 1.54) is 30.6 Å². The van der Waals surface area contributed by atoms with Gasteiger partial charge in [-0.25, -0.2) is 14.8 Å². The number of carbonyl (C=O) groups excluding carboxylic acids is 2. The van der Waals surface area contributed by atoms with E-state index in [1.807, 2.05) is 45.0 Å². The van der Waals surface area contributed by atoms with Crippen molar-refractivity contribution in [3.05, 3.63) is 88.4 Å². The zero-order chi connectivity index (χ0) is 38.8. The van der Waals surface area contributed by atoms with E-state index in [9.17, 15) is 37.8 Å². The van der Waals surface area contributed by atoms with Crippen LogP contribution in [-0.2, 0) is 21.4 Å². The van der Waals surface area contributed by atoms with Gasteiger partial charge in [-0.3, -0.25) is 9.59 Å². The molecule has 2 heterocycles. The van der Waals surface area contributed by atoms with Gasteiger partial charge in [0, 0.05) is 34.8 Å². The molecule has 0 bridgehead atoms. The molecule has 3 atom stereocenters. The Morgan fingerprint density at radius 2 is 1.45 bits per heavy atom. The molecule has 0 aliphatic heterocycles. The first-order valence-corrected chi connectivity index (χ1v) is 18.2. The van der Waals surface area contributed by atoms with E-state index >= 15 is 0 Å². The molecule has 53 heavy (non-hydrogen) atoms. The van der Waals surface area contributed by atoms with Crippen molar-refractivity contribution >= 4 is 29.1 Å². The van der Waals surface area contributed by atoms with Gasteiger partial charge in [0.2, 0.25) is 5.91 Å². The number of amides is 2. The fourth-order valence-corrected chi connectivity index (χ4v) is 6.28. The van der Waals surface area contributed by atoms with Crippen LogP contribution >= 0.6 is 11.3 Å². The quantitative estimate of drug-likeness (QED) is 0.0818. The Morgan fingerprint density at radius 3 is 2.02 bits per heavy atom. The van der Waals surface area contributed by atoms with E-state index in [0.29, 0.717) is 23.6 Å². The van der Waals surface area contributed by atoms with Crippen LogP contribution in [0.1, 0.15) is 79.9 Å². The van der Waals surface area contributed by atoms with Gasteiger partial charge < -0.3 is 25.6 Å². The molecule has 2 amide bonds. The molecule has 3 unspecified atom stereocenters. The van der Waals surface area contributed by atoms with Crippen molar-refractivity contribution < 1.29 is 42.5 Å². The van der Waals surface area contributed by atoms with Crippen LogP contribution in [0.4, 0.5) is 13.2 Å². The standard InChI is InChI=1S/C39H45F3N4O6S/c1-5-6-7-8-9-20-52-28-16-14-25(15-17-28)27-22-43-34(44-23-27)26-12-10-24(11-13-26)21-29(35(48)46-32(37(50)51)33(47)39(40,41)42)45-36(49)30-18-19-31(53-30)38(2,3)4/h10-19,22-23,29,32-33,47H,5-9,20-21H2,1-4H3,(H,45,49)(H,46,48)(H,50,51). The molecule has 0 aliphatic rings. The highest BCUT2D eigenvalue weighted by Crippen LogP contribution is 2.30. The molecule has 4 aromatic rings. The number of unbranched alkanes of at least 4 members (excludes halogenated alkanes) is 4. The molecular weight excluding hydrogens is 710 g/mol. The molecule has 284 valence electrons. The number of thiophene rings is 1. The number of hydrogen-bond acceptors (Lipinski definition) is 8. The van der Waals surface area contributed by atoms with E-state index in [1.54, 1.807) is 54.1 Å². The molecule has 0 fully saturated rings. The summed E-state index contributed by atoms with van der Waals surface area (Å²) in [5, 5.41) is 23.3. The number of rotatable bonds is 17. The minimum absolute atomic E-state index is 0.206. The second-order valence-electron chi connectivity index (χ2n) is 13.7. The Labute approximate surface area is 310 Å². The number of ether oxygens (including phenoxy) is 1. The molecule has 4 rings (SSSR count). The SMILES string of the molecule is CCCCCCCOc1ccc(-c2cnc(-c3ccc(CC(NC(=O)c4ccc(C(C)(C)C)s4)C(=O)NC(C(=O)O)C(O)C(F)(F)F)cc3)nc2)cc1. The van der Waals surface area contributed by atoms with Crippen molar-refractivity contribution in [3.63, 3.8) is 0 Å². The van der Waals surface area contributed by atoms with Crippen LogP contribution in [0.2, 0.25) is 0 Å². The summed E-state index contributed by atoms with van der Waals surface area (Å²) >= 11 is 1.19. The van der Waals surface area contributed by atoms with Gasteiger partial charge in [0.1, 0.15) is 11.8 Å². The Morgan fingerprint density at radius 1 is 0.830 bits per heavy atom. The average molecular weight is 755 g/mol. The number of alkyl halides is 3. The van der Waals surface area contributed by atoms with E-state index < -0.39 is 42.1 Å². The van der Waals surface area contributed by atoms with Gasteiger partial charge in [-0.05, 0) is 47.2 Å². The molecule has 0 aliphatic carbocycles. The average Bonchev–Trinajstić information content (AvgIpc) is 3.64. The monoisotopic (exact) mass is 754 g/mol. The maximum absolute atomic E-state index is 13.3. The zero-order valence-corrected chi connectivity index (χ0v) is 30.9. The van der Waals surface area contributed by atoms with E-state index in [2.05, 4.69) is 22.2 Å². The predicted molar refractivity (Wildman–Crippen MR) is 197 cm³/mol. The number of carboxylic acids is 1. The second-order valence-corrected chi connectivity index (χ2v) is 14.8. The van der Waals surface area contributed by atoms with Crippen molar-refractivity contribution in [3.8, 4) is 28.3 Å². The Bertz CT molecular complexity index is 1810. The molecule has 0 spiro atoms. The highest BCUT2D eigenvalue weighted by molar-refractivity contribution is 7.14. The lowest BCUT2D eigenvalue weighted by atomic mass is 9.95. The lowest BCUT2D eigenvalue weighted by molar-refractivity contribution is -0.215. The first-order chi connectivity index (χ1) is 25.1. The van der Waals surface area contributed by atoms with Crippen LogP contribution in [0.25, 0.3) is 22.5 Å². The summed E-state index contributed by atoms with van der Waals surface area (Å²) in [7, 11) is 0. The summed E-state index contributed by atoms with van der Waals surface area (Å²) in [6.45, 7) is 8.74. The van der Waals surface area contributed by atoms with Crippen molar-refractivity contribution in [2.75, 3.05) is 6.61 Å². The van der Waals surface area contributed by atoms with Crippen LogP contribution in [0.5, 0.6) is 5.75 Å². The normalized spacial score (nSPS) is 13.5. The van der Waals surface area contributed by atoms with Crippen LogP contribution in [-0.4, -0.2) is 68.9 Å². The second kappa shape index (κ2) is 18.3. The molecule has 14 heteroatoms. The van der Waals surface area contributed by atoms with Gasteiger partial charge in [0.05, 0.1) is 11.5 Å². The maximum atomic E-state index is 13.3. The summed E-state index contributed by atoms with van der Waals surface area (Å²) in [6.07, 6.45) is 0.308. The van der Waals surface area contributed by atoms with Gasteiger partial charge >= 0.3 is 12.1 Å². The fraction of sp³-hybridized carbons (Fsp3) is 0.410. The number of nitrogens with one attached hydrogen (secondary N) is 2. The molecule has 0 saturated carbocycles. The first-order valence-electron chi connectivity index (χ1n) is 17.4. The predicted octanol–water partition coefficient (Wildman–Crippen LogP) is 7.35. The van der Waals surface area contributed by atoms with Crippen LogP contribution in [0.15, 0.2) is 73.1 Å². The Hall–Kier alpha value is -4.82. The minimum Gasteiger partial charge on any atom is -0.494 e. The number of nitrogens with zero attached hydrogens (tertiary/aromatic N) is 2. The lowest BCUT2D eigenvalue weighted by Gasteiger charge is -2.25.